The molecule has 3 aromatic rings. The molecule has 194 valence electrons. The van der Waals surface area contributed by atoms with Crippen molar-refractivity contribution in [2.24, 2.45) is 0 Å². The molecule has 0 bridgehead atoms. The highest BCUT2D eigenvalue weighted by molar-refractivity contribution is 7.98. The number of thioether (sulfide) groups is 1. The molecule has 1 saturated heterocycles. The van der Waals surface area contributed by atoms with E-state index in [4.69, 9.17) is 4.74 Å². The molecule has 0 unspecified atom stereocenters. The van der Waals surface area contributed by atoms with Crippen LogP contribution in [0.5, 0.6) is 0 Å². The Balaban J connectivity index is 1.53. The fraction of sp³-hybridized carbons (Fsp3) is 0.429. The minimum Gasteiger partial charge on any atom is -0.378 e. The molecule has 36 heavy (non-hydrogen) atoms. The summed E-state index contributed by atoms with van der Waals surface area (Å²) in [5, 5.41) is 7.82. The Bertz CT molecular complexity index is 1220. The van der Waals surface area contributed by atoms with E-state index >= 15 is 0 Å². The number of carbonyl (C=O) groups is 1. The summed E-state index contributed by atoms with van der Waals surface area (Å²) >= 11 is 1.33. The number of nitrogens with one attached hydrogen (secondary N) is 1. The standard InChI is InChI=1S/C21H20F6N6O2S/c1-36-19-30-16(32-4-6-35-7-5-32)15-11-29-33(17(15)31-19)3-2-28-18(34)12-8-13(20(22,23)24)10-14(9-12)21(25,26)27/h8-11H,2-7H2,1H3,(H,28,34). The third-order valence-corrected chi connectivity index (χ3v) is 5.96. The first-order valence-electron chi connectivity index (χ1n) is 10.7. The molecule has 3 heterocycles. The molecular weight excluding hydrogens is 514 g/mol. The molecule has 2 aromatic heterocycles. The summed E-state index contributed by atoms with van der Waals surface area (Å²) in [6, 6.07) is 0.753. The SMILES string of the molecule is CSc1nc(N2CCOCC2)c2cnn(CCNC(=O)c3cc(C(F)(F)F)cc(C(F)(F)F)c3)c2n1. The molecule has 0 atom stereocenters. The topological polar surface area (TPSA) is 85.2 Å². The van der Waals surface area contributed by atoms with E-state index in [-0.39, 0.29) is 19.2 Å². The van der Waals surface area contributed by atoms with Crippen molar-refractivity contribution in [3.63, 3.8) is 0 Å². The molecule has 0 saturated carbocycles. The van der Waals surface area contributed by atoms with Crippen LogP contribution in [0.4, 0.5) is 32.2 Å². The van der Waals surface area contributed by atoms with Crippen LogP contribution in [0.2, 0.25) is 0 Å². The molecule has 0 aliphatic carbocycles. The maximum atomic E-state index is 13.1. The summed E-state index contributed by atoms with van der Waals surface area (Å²) in [7, 11) is 0. The van der Waals surface area contributed by atoms with Gasteiger partial charge in [0.25, 0.3) is 5.91 Å². The number of anilines is 1. The second-order valence-corrected chi connectivity index (χ2v) is 8.56. The van der Waals surface area contributed by atoms with Crippen LogP contribution in [-0.4, -0.2) is 64.8 Å². The lowest BCUT2D eigenvalue weighted by molar-refractivity contribution is -0.143. The summed E-state index contributed by atoms with van der Waals surface area (Å²) in [4.78, 5) is 23.5. The third-order valence-electron chi connectivity index (χ3n) is 5.41. The molecule has 0 spiro atoms. The minimum atomic E-state index is -5.04. The Kier molecular flexibility index (Phi) is 7.31. The summed E-state index contributed by atoms with van der Waals surface area (Å²) in [6.07, 6.45) is -6.70. The Morgan fingerprint density at radius 3 is 2.28 bits per heavy atom. The largest absolute Gasteiger partial charge is 0.416 e. The number of aromatic nitrogens is 4. The van der Waals surface area contributed by atoms with Gasteiger partial charge in [-0.05, 0) is 24.5 Å². The van der Waals surface area contributed by atoms with Crippen molar-refractivity contribution in [1.29, 1.82) is 0 Å². The zero-order valence-electron chi connectivity index (χ0n) is 18.8. The number of hydrogen-bond donors (Lipinski definition) is 1. The smallest absolute Gasteiger partial charge is 0.378 e. The minimum absolute atomic E-state index is 0.0261. The third kappa shape index (κ3) is 5.67. The van der Waals surface area contributed by atoms with Crippen molar-refractivity contribution in [1.82, 2.24) is 25.1 Å². The van der Waals surface area contributed by atoms with Crippen molar-refractivity contribution < 1.29 is 35.9 Å². The van der Waals surface area contributed by atoms with E-state index in [1.807, 2.05) is 11.2 Å². The fourth-order valence-electron chi connectivity index (χ4n) is 3.66. The Morgan fingerprint density at radius 1 is 1.06 bits per heavy atom. The van der Waals surface area contributed by atoms with Crippen molar-refractivity contribution in [3.8, 4) is 0 Å². The number of alkyl halides is 6. The number of carbonyl (C=O) groups excluding carboxylic acids is 1. The van der Waals surface area contributed by atoms with Gasteiger partial charge in [0.2, 0.25) is 0 Å². The van der Waals surface area contributed by atoms with Crippen molar-refractivity contribution in [2.45, 2.75) is 24.1 Å². The summed E-state index contributed by atoms with van der Waals surface area (Å²) in [5.74, 6) is -0.386. The normalized spacial score (nSPS) is 14.9. The highest BCUT2D eigenvalue weighted by atomic mass is 32.2. The lowest BCUT2D eigenvalue weighted by Crippen LogP contribution is -2.37. The number of halogens is 6. The molecule has 1 fully saturated rings. The molecule has 1 N–H and O–H groups in total. The Hall–Kier alpha value is -3.07. The lowest BCUT2D eigenvalue weighted by Gasteiger charge is -2.28. The molecule has 1 aliphatic heterocycles. The number of hydrogen-bond acceptors (Lipinski definition) is 7. The van der Waals surface area contributed by atoms with Crippen LogP contribution in [-0.2, 0) is 23.6 Å². The van der Waals surface area contributed by atoms with E-state index < -0.39 is 35.0 Å². The number of amides is 1. The van der Waals surface area contributed by atoms with Crippen LogP contribution >= 0.6 is 11.8 Å². The van der Waals surface area contributed by atoms with Crippen molar-refractivity contribution in [3.05, 3.63) is 41.1 Å². The van der Waals surface area contributed by atoms with Gasteiger partial charge in [0, 0.05) is 25.2 Å². The van der Waals surface area contributed by atoms with E-state index in [0.717, 1.165) is 0 Å². The van der Waals surface area contributed by atoms with Gasteiger partial charge in [-0.15, -0.1) is 0 Å². The maximum absolute atomic E-state index is 13.1. The molecule has 0 radical (unpaired) electrons. The van der Waals surface area contributed by atoms with E-state index in [0.29, 0.717) is 60.4 Å². The number of morpholine rings is 1. The van der Waals surface area contributed by atoms with Gasteiger partial charge in [0.15, 0.2) is 10.8 Å². The first kappa shape index (κ1) is 26.0. The first-order valence-corrected chi connectivity index (χ1v) is 11.9. The predicted molar refractivity (Wildman–Crippen MR) is 119 cm³/mol. The second-order valence-electron chi connectivity index (χ2n) is 7.79. The fourth-order valence-corrected chi connectivity index (χ4v) is 4.01. The highest BCUT2D eigenvalue weighted by Crippen LogP contribution is 2.36. The van der Waals surface area contributed by atoms with Crippen LogP contribution in [0, 0.1) is 0 Å². The Morgan fingerprint density at radius 2 is 1.69 bits per heavy atom. The van der Waals surface area contributed by atoms with Crippen LogP contribution in [0.25, 0.3) is 11.0 Å². The lowest BCUT2D eigenvalue weighted by atomic mass is 10.0. The zero-order chi connectivity index (χ0) is 26.1. The number of ether oxygens (including phenoxy) is 1. The van der Waals surface area contributed by atoms with Gasteiger partial charge in [-0.25, -0.2) is 14.6 Å². The molecule has 4 rings (SSSR count). The van der Waals surface area contributed by atoms with E-state index in [1.165, 1.54) is 16.4 Å². The predicted octanol–water partition coefficient (Wildman–Crippen LogP) is 3.85. The number of benzene rings is 1. The van der Waals surface area contributed by atoms with Gasteiger partial charge in [-0.3, -0.25) is 4.79 Å². The quantitative estimate of drug-likeness (QED) is 0.292. The van der Waals surface area contributed by atoms with Gasteiger partial charge >= 0.3 is 12.4 Å². The Labute approximate surface area is 205 Å². The second kappa shape index (κ2) is 10.1. The number of rotatable bonds is 6. The molecule has 8 nitrogen and oxygen atoms in total. The molecule has 1 aliphatic rings. The molecule has 15 heteroatoms. The van der Waals surface area contributed by atoms with Gasteiger partial charge in [0.1, 0.15) is 5.82 Å². The molecule has 1 aromatic carbocycles. The summed E-state index contributed by atoms with van der Waals surface area (Å²) < 4.78 is 85.4. The van der Waals surface area contributed by atoms with Gasteiger partial charge < -0.3 is 15.0 Å². The van der Waals surface area contributed by atoms with Crippen molar-refractivity contribution >= 4 is 34.5 Å². The van der Waals surface area contributed by atoms with Crippen LogP contribution in [0.3, 0.4) is 0 Å². The number of fused-ring (bicyclic) bond motifs is 1. The number of nitrogens with zero attached hydrogens (tertiary/aromatic N) is 5. The molecule has 1 amide bonds. The van der Waals surface area contributed by atoms with Gasteiger partial charge in [-0.2, -0.15) is 31.4 Å². The van der Waals surface area contributed by atoms with Crippen LogP contribution in [0.15, 0.2) is 29.6 Å². The van der Waals surface area contributed by atoms with Gasteiger partial charge in [0.05, 0.1) is 42.5 Å². The summed E-state index contributed by atoms with van der Waals surface area (Å²) in [6.45, 7) is 2.33. The summed E-state index contributed by atoms with van der Waals surface area (Å²) in [5.41, 5.74) is -3.37. The van der Waals surface area contributed by atoms with Crippen molar-refractivity contribution in [2.75, 3.05) is 44.0 Å². The maximum Gasteiger partial charge on any atom is 0.416 e. The van der Waals surface area contributed by atoms with E-state index in [2.05, 4.69) is 20.4 Å². The van der Waals surface area contributed by atoms with E-state index in [9.17, 15) is 31.1 Å². The van der Waals surface area contributed by atoms with Crippen LogP contribution in [0.1, 0.15) is 21.5 Å². The molecular formula is C21H20F6N6O2S. The monoisotopic (exact) mass is 534 g/mol. The van der Waals surface area contributed by atoms with E-state index in [1.54, 1.807) is 6.20 Å². The van der Waals surface area contributed by atoms with Gasteiger partial charge in [-0.1, -0.05) is 11.8 Å². The zero-order valence-corrected chi connectivity index (χ0v) is 19.6. The highest BCUT2D eigenvalue weighted by Gasteiger charge is 2.37. The average molecular weight is 534 g/mol. The average Bonchev–Trinajstić information content (AvgIpc) is 3.25. The first-order chi connectivity index (χ1) is 17.0. The van der Waals surface area contributed by atoms with Crippen LogP contribution < -0.4 is 10.2 Å².